The van der Waals surface area contributed by atoms with Crippen molar-refractivity contribution in [3.8, 4) is 0 Å². The Morgan fingerprint density at radius 3 is 2.39 bits per heavy atom. The van der Waals surface area contributed by atoms with Crippen molar-refractivity contribution in [2.75, 3.05) is 13.1 Å². The maximum absolute atomic E-state index is 12.8. The number of carbonyl (C=O) groups excluding carboxylic acids is 1. The minimum absolute atomic E-state index is 0. The molecule has 1 aromatic rings. The van der Waals surface area contributed by atoms with E-state index >= 15 is 0 Å². The van der Waals surface area contributed by atoms with Gasteiger partial charge in [-0.05, 0) is 62.5 Å². The van der Waals surface area contributed by atoms with Crippen LogP contribution >= 0.6 is 24.8 Å². The third-order valence-corrected chi connectivity index (χ3v) is 7.02. The number of amides is 1. The van der Waals surface area contributed by atoms with Crippen molar-refractivity contribution in [1.29, 1.82) is 0 Å². The number of nitrogens with one attached hydrogen (secondary N) is 1. The molecule has 1 aromatic carbocycles. The van der Waals surface area contributed by atoms with Crippen LogP contribution in [-0.2, 0) is 11.3 Å². The molecule has 4 nitrogen and oxygen atoms in total. The zero-order valence-corrected chi connectivity index (χ0v) is 18.2. The van der Waals surface area contributed by atoms with Gasteiger partial charge in [-0.15, -0.1) is 24.8 Å². The Morgan fingerprint density at radius 1 is 1.04 bits per heavy atom. The second-order valence-corrected chi connectivity index (χ2v) is 8.69. The summed E-state index contributed by atoms with van der Waals surface area (Å²) in [6.45, 7) is 2.92. The summed E-state index contributed by atoms with van der Waals surface area (Å²) in [4.78, 5) is 15.3. The molecule has 1 saturated heterocycles. The number of hydrogen-bond acceptors (Lipinski definition) is 3. The van der Waals surface area contributed by atoms with Gasteiger partial charge in [0.05, 0.1) is 0 Å². The van der Waals surface area contributed by atoms with Gasteiger partial charge in [-0.25, -0.2) is 0 Å². The Morgan fingerprint density at radius 2 is 1.71 bits per heavy atom. The van der Waals surface area contributed by atoms with Gasteiger partial charge in [0.1, 0.15) is 0 Å². The molecule has 2 bridgehead atoms. The number of nitrogens with two attached hydrogens (primary N) is 1. The van der Waals surface area contributed by atoms with Crippen molar-refractivity contribution in [1.82, 2.24) is 10.2 Å². The van der Waals surface area contributed by atoms with E-state index in [2.05, 4.69) is 40.5 Å². The van der Waals surface area contributed by atoms with E-state index in [-0.39, 0.29) is 36.6 Å². The summed E-state index contributed by atoms with van der Waals surface area (Å²) in [6.07, 6.45) is 8.16. The highest BCUT2D eigenvalue weighted by molar-refractivity contribution is 5.85. The first-order valence-electron chi connectivity index (χ1n) is 10.5. The van der Waals surface area contributed by atoms with Crippen LogP contribution in [0, 0.1) is 17.8 Å². The Labute approximate surface area is 181 Å². The van der Waals surface area contributed by atoms with Crippen LogP contribution in [0.15, 0.2) is 30.3 Å². The highest BCUT2D eigenvalue weighted by Gasteiger charge is 2.40. The van der Waals surface area contributed by atoms with Crippen LogP contribution in [-0.4, -0.2) is 36.0 Å². The molecule has 28 heavy (non-hydrogen) atoms. The van der Waals surface area contributed by atoms with Gasteiger partial charge >= 0.3 is 0 Å². The summed E-state index contributed by atoms with van der Waals surface area (Å²) in [5.41, 5.74) is 7.73. The van der Waals surface area contributed by atoms with E-state index in [4.69, 9.17) is 5.73 Å². The highest BCUT2D eigenvalue weighted by Crippen LogP contribution is 2.41. The minimum atomic E-state index is 0. The van der Waals surface area contributed by atoms with Crippen LogP contribution < -0.4 is 11.1 Å². The molecule has 0 spiro atoms. The van der Waals surface area contributed by atoms with Crippen molar-refractivity contribution < 1.29 is 4.79 Å². The molecule has 1 amide bonds. The number of benzene rings is 1. The Hall–Kier alpha value is -0.810. The summed E-state index contributed by atoms with van der Waals surface area (Å²) < 4.78 is 0. The molecule has 0 radical (unpaired) electrons. The smallest absolute Gasteiger partial charge is 0.223 e. The fourth-order valence-electron chi connectivity index (χ4n) is 5.52. The van der Waals surface area contributed by atoms with Gasteiger partial charge in [-0.3, -0.25) is 9.69 Å². The lowest BCUT2D eigenvalue weighted by molar-refractivity contribution is -0.128. The number of halogens is 2. The molecule has 2 saturated carbocycles. The molecule has 158 valence electrons. The standard InChI is InChI=1S/C22H33N3O.2ClH/c23-21-17-8-4-9-18(21)13-19(12-17)22(26)24-14-20-10-5-11-25(20)15-16-6-2-1-3-7-16;;/h1-3,6-7,17-21H,4-5,8-15,23H2,(H,24,26);2*1H. The Kier molecular flexibility index (Phi) is 9.07. The summed E-state index contributed by atoms with van der Waals surface area (Å²) in [6, 6.07) is 11.5. The van der Waals surface area contributed by atoms with Gasteiger partial charge < -0.3 is 11.1 Å². The summed E-state index contributed by atoms with van der Waals surface area (Å²) in [5, 5.41) is 3.29. The van der Waals surface area contributed by atoms with Crippen molar-refractivity contribution >= 4 is 30.7 Å². The molecule has 1 aliphatic heterocycles. The Bertz CT molecular complexity index is 601. The van der Waals surface area contributed by atoms with E-state index in [1.54, 1.807) is 0 Å². The quantitative estimate of drug-likeness (QED) is 0.751. The number of hydrogen-bond donors (Lipinski definition) is 2. The lowest BCUT2D eigenvalue weighted by atomic mass is 9.65. The van der Waals surface area contributed by atoms with Gasteiger partial charge in [0.2, 0.25) is 5.91 Å². The molecule has 6 heteroatoms. The summed E-state index contributed by atoms with van der Waals surface area (Å²) >= 11 is 0. The van der Waals surface area contributed by atoms with Crippen LogP contribution in [0.1, 0.15) is 50.5 Å². The second kappa shape index (κ2) is 10.8. The van der Waals surface area contributed by atoms with Gasteiger partial charge in [0.15, 0.2) is 0 Å². The monoisotopic (exact) mass is 427 g/mol. The van der Waals surface area contributed by atoms with Gasteiger partial charge in [-0.1, -0.05) is 36.8 Å². The largest absolute Gasteiger partial charge is 0.354 e. The first-order chi connectivity index (χ1) is 12.7. The van der Waals surface area contributed by atoms with E-state index in [9.17, 15) is 4.79 Å². The average Bonchev–Trinajstić information content (AvgIpc) is 3.07. The molecule has 2 aliphatic carbocycles. The molecule has 3 N–H and O–H groups in total. The third-order valence-electron chi connectivity index (χ3n) is 7.02. The van der Waals surface area contributed by atoms with E-state index < -0.39 is 0 Å². The van der Waals surface area contributed by atoms with E-state index in [0.717, 1.165) is 32.5 Å². The van der Waals surface area contributed by atoms with E-state index in [0.29, 0.717) is 23.9 Å². The summed E-state index contributed by atoms with van der Waals surface area (Å²) in [5.74, 6) is 1.60. The van der Waals surface area contributed by atoms with E-state index in [1.807, 2.05) is 0 Å². The van der Waals surface area contributed by atoms with Crippen molar-refractivity contribution in [3.05, 3.63) is 35.9 Å². The van der Waals surface area contributed by atoms with Gasteiger partial charge in [-0.2, -0.15) is 0 Å². The molecule has 3 fully saturated rings. The number of likely N-dealkylation sites (tertiary alicyclic amines) is 1. The topological polar surface area (TPSA) is 58.4 Å². The first kappa shape index (κ1) is 23.5. The van der Waals surface area contributed by atoms with Gasteiger partial charge in [0, 0.05) is 31.1 Å². The van der Waals surface area contributed by atoms with E-state index in [1.165, 1.54) is 37.7 Å². The van der Waals surface area contributed by atoms with Gasteiger partial charge in [0.25, 0.3) is 0 Å². The predicted octanol–water partition coefficient (Wildman–Crippen LogP) is 3.76. The number of carbonyl (C=O) groups is 1. The molecule has 0 aromatic heterocycles. The van der Waals surface area contributed by atoms with Crippen molar-refractivity contribution in [2.24, 2.45) is 23.5 Å². The maximum atomic E-state index is 12.8. The zero-order valence-electron chi connectivity index (χ0n) is 16.6. The van der Waals surface area contributed by atoms with Crippen molar-refractivity contribution in [3.63, 3.8) is 0 Å². The molecule has 3 atom stereocenters. The summed E-state index contributed by atoms with van der Waals surface area (Å²) in [7, 11) is 0. The lowest BCUT2D eigenvalue weighted by Gasteiger charge is -2.43. The fourth-order valence-corrected chi connectivity index (χ4v) is 5.52. The van der Waals surface area contributed by atoms with Crippen LogP contribution in [0.2, 0.25) is 0 Å². The third kappa shape index (κ3) is 5.41. The second-order valence-electron chi connectivity index (χ2n) is 8.69. The van der Waals surface area contributed by atoms with Crippen LogP contribution in [0.3, 0.4) is 0 Å². The molecule has 1 heterocycles. The number of rotatable bonds is 5. The van der Waals surface area contributed by atoms with Crippen LogP contribution in [0.25, 0.3) is 0 Å². The first-order valence-corrected chi connectivity index (χ1v) is 10.5. The molecule has 4 rings (SSSR count). The maximum Gasteiger partial charge on any atom is 0.223 e. The highest BCUT2D eigenvalue weighted by atomic mass is 35.5. The van der Waals surface area contributed by atoms with Crippen LogP contribution in [0.4, 0.5) is 0 Å². The number of nitrogens with zero attached hydrogens (tertiary/aromatic N) is 1. The van der Waals surface area contributed by atoms with Crippen molar-refractivity contribution in [2.45, 2.75) is 63.6 Å². The molecule has 3 unspecified atom stereocenters. The Balaban J connectivity index is 0.00000140. The molecular formula is C22H35Cl2N3O. The van der Waals surface area contributed by atoms with Crippen LogP contribution in [0.5, 0.6) is 0 Å². The minimum Gasteiger partial charge on any atom is -0.354 e. The number of fused-ring (bicyclic) bond motifs is 2. The lowest BCUT2D eigenvalue weighted by Crippen LogP contribution is -2.50. The SMILES string of the molecule is Cl.Cl.NC1C2CCCC1CC(C(=O)NCC1CCCN1Cc1ccccc1)C2. The predicted molar refractivity (Wildman–Crippen MR) is 119 cm³/mol. The normalized spacial score (nSPS) is 32.1. The molecular weight excluding hydrogens is 393 g/mol. The zero-order chi connectivity index (χ0) is 17.9. The fraction of sp³-hybridized carbons (Fsp3) is 0.682. The average molecular weight is 428 g/mol. The molecule has 3 aliphatic rings.